The summed E-state index contributed by atoms with van der Waals surface area (Å²) in [6.07, 6.45) is 17.7. The second-order valence-electron chi connectivity index (χ2n) is 8.47. The molecule has 0 unspecified atom stereocenters. The molecule has 0 aromatic heterocycles. The highest BCUT2D eigenvalue weighted by Crippen LogP contribution is 2.34. The minimum Gasteiger partial charge on any atom is -0.204 e. The van der Waals surface area contributed by atoms with Crippen LogP contribution >= 0.6 is 0 Å². The predicted octanol–water partition coefficient (Wildman–Crippen LogP) is 7.09. The van der Waals surface area contributed by atoms with Gasteiger partial charge >= 0.3 is 0 Å². The van der Waals surface area contributed by atoms with Gasteiger partial charge in [0.25, 0.3) is 0 Å². The fraction of sp³-hybridized carbons (Fsp3) is 0.652. The summed E-state index contributed by atoms with van der Waals surface area (Å²) in [7, 11) is 0. The number of aryl methyl sites for hydroxylation is 1. The van der Waals surface area contributed by atoms with E-state index in [9.17, 15) is 8.78 Å². The monoisotopic (exact) mass is 346 g/mol. The molecule has 2 fully saturated rings. The lowest BCUT2D eigenvalue weighted by Gasteiger charge is -2.28. The Hall–Kier alpha value is -1.18. The van der Waals surface area contributed by atoms with Crippen molar-refractivity contribution >= 4 is 0 Å². The summed E-state index contributed by atoms with van der Waals surface area (Å²) >= 11 is 0. The SMILES string of the molecule is C[C@H]1CC[C@H](C=C[C@H]2CC[C@H](CCc3ccc(F)c(F)c3)CC2)CC1. The van der Waals surface area contributed by atoms with Crippen LogP contribution in [0.25, 0.3) is 0 Å². The number of allylic oxidation sites excluding steroid dienone is 2. The molecule has 0 aliphatic heterocycles. The van der Waals surface area contributed by atoms with Gasteiger partial charge < -0.3 is 0 Å². The summed E-state index contributed by atoms with van der Waals surface area (Å²) in [4.78, 5) is 0. The Morgan fingerprint density at radius 2 is 1.44 bits per heavy atom. The van der Waals surface area contributed by atoms with Gasteiger partial charge in [-0.2, -0.15) is 0 Å². The van der Waals surface area contributed by atoms with Crippen molar-refractivity contribution in [2.45, 2.75) is 71.1 Å². The third-order valence-corrected chi connectivity index (χ3v) is 6.43. The Balaban J connectivity index is 1.37. The van der Waals surface area contributed by atoms with Crippen LogP contribution in [0.5, 0.6) is 0 Å². The van der Waals surface area contributed by atoms with Crippen LogP contribution in [0.4, 0.5) is 8.78 Å². The molecule has 0 nitrogen and oxygen atoms in total. The van der Waals surface area contributed by atoms with E-state index in [1.54, 1.807) is 6.07 Å². The Kier molecular flexibility index (Phi) is 6.67. The van der Waals surface area contributed by atoms with Crippen LogP contribution in [0, 0.1) is 35.3 Å². The molecule has 0 spiro atoms. The van der Waals surface area contributed by atoms with E-state index in [2.05, 4.69) is 19.1 Å². The minimum atomic E-state index is -0.747. The van der Waals surface area contributed by atoms with E-state index in [1.165, 1.54) is 63.5 Å². The molecule has 0 heterocycles. The molecule has 2 aliphatic carbocycles. The molecule has 0 radical (unpaired) electrons. The molecule has 0 amide bonds. The average Bonchev–Trinajstić information content (AvgIpc) is 2.63. The van der Waals surface area contributed by atoms with Crippen molar-refractivity contribution in [2.24, 2.45) is 23.7 Å². The first kappa shape index (κ1) is 18.6. The van der Waals surface area contributed by atoms with Crippen molar-refractivity contribution in [3.05, 3.63) is 47.5 Å². The quantitative estimate of drug-likeness (QED) is 0.499. The van der Waals surface area contributed by atoms with Gasteiger partial charge in [-0.3, -0.25) is 0 Å². The predicted molar refractivity (Wildman–Crippen MR) is 100 cm³/mol. The van der Waals surface area contributed by atoms with Gasteiger partial charge in [0.05, 0.1) is 0 Å². The highest BCUT2D eigenvalue weighted by atomic mass is 19.2. The maximum absolute atomic E-state index is 13.3. The highest BCUT2D eigenvalue weighted by molar-refractivity contribution is 5.17. The fourth-order valence-electron chi connectivity index (χ4n) is 4.53. The van der Waals surface area contributed by atoms with Crippen molar-refractivity contribution in [3.8, 4) is 0 Å². The van der Waals surface area contributed by atoms with Crippen molar-refractivity contribution < 1.29 is 8.78 Å². The van der Waals surface area contributed by atoms with Gasteiger partial charge in [0.2, 0.25) is 0 Å². The number of benzene rings is 1. The second-order valence-corrected chi connectivity index (χ2v) is 8.47. The first-order valence-electron chi connectivity index (χ1n) is 10.2. The summed E-state index contributed by atoms with van der Waals surface area (Å²) in [6, 6.07) is 4.32. The zero-order chi connectivity index (χ0) is 17.6. The van der Waals surface area contributed by atoms with Crippen molar-refractivity contribution in [2.75, 3.05) is 0 Å². The normalized spacial score (nSPS) is 30.7. The lowest BCUT2D eigenvalue weighted by Crippen LogP contribution is -2.15. The molecule has 1 aromatic rings. The van der Waals surface area contributed by atoms with Crippen molar-refractivity contribution in [1.82, 2.24) is 0 Å². The van der Waals surface area contributed by atoms with Crippen LogP contribution in [0.3, 0.4) is 0 Å². The molecule has 1 aromatic carbocycles. The fourth-order valence-corrected chi connectivity index (χ4v) is 4.53. The van der Waals surface area contributed by atoms with E-state index in [0.717, 1.165) is 42.1 Å². The van der Waals surface area contributed by atoms with Gasteiger partial charge in [0.15, 0.2) is 11.6 Å². The molecule has 138 valence electrons. The topological polar surface area (TPSA) is 0 Å². The Morgan fingerprint density at radius 3 is 2.04 bits per heavy atom. The number of rotatable bonds is 5. The lowest BCUT2D eigenvalue weighted by atomic mass is 9.78. The lowest BCUT2D eigenvalue weighted by molar-refractivity contribution is 0.293. The molecule has 3 rings (SSSR count). The largest absolute Gasteiger partial charge is 0.204 e. The van der Waals surface area contributed by atoms with Crippen LogP contribution in [0.2, 0.25) is 0 Å². The average molecular weight is 347 g/mol. The first-order chi connectivity index (χ1) is 12.1. The highest BCUT2D eigenvalue weighted by Gasteiger charge is 2.21. The third-order valence-electron chi connectivity index (χ3n) is 6.43. The summed E-state index contributed by atoms with van der Waals surface area (Å²) in [5.41, 5.74) is 0.924. The number of hydrogen-bond acceptors (Lipinski definition) is 0. The molecule has 2 saturated carbocycles. The molecule has 25 heavy (non-hydrogen) atoms. The maximum atomic E-state index is 13.3. The van der Waals surface area contributed by atoms with Crippen LogP contribution < -0.4 is 0 Å². The molecular formula is C23H32F2. The van der Waals surface area contributed by atoms with E-state index in [1.807, 2.05) is 0 Å². The summed E-state index contributed by atoms with van der Waals surface area (Å²) < 4.78 is 26.3. The van der Waals surface area contributed by atoms with Crippen molar-refractivity contribution in [3.63, 3.8) is 0 Å². The smallest absolute Gasteiger partial charge is 0.159 e. The molecule has 2 aliphatic rings. The molecule has 0 N–H and O–H groups in total. The first-order valence-corrected chi connectivity index (χ1v) is 10.2. The third kappa shape index (κ3) is 5.66. The van der Waals surface area contributed by atoms with Crippen LogP contribution in [0.15, 0.2) is 30.4 Å². The molecule has 2 heteroatoms. The van der Waals surface area contributed by atoms with Gasteiger partial charge in [-0.05, 0) is 92.7 Å². The summed E-state index contributed by atoms with van der Waals surface area (Å²) in [5, 5.41) is 0. The van der Waals surface area contributed by atoms with E-state index in [-0.39, 0.29) is 0 Å². The zero-order valence-corrected chi connectivity index (χ0v) is 15.5. The van der Waals surface area contributed by atoms with Gasteiger partial charge in [0.1, 0.15) is 0 Å². The number of hydrogen-bond donors (Lipinski definition) is 0. The van der Waals surface area contributed by atoms with E-state index < -0.39 is 11.6 Å². The van der Waals surface area contributed by atoms with E-state index in [0.29, 0.717) is 0 Å². The van der Waals surface area contributed by atoms with Gasteiger partial charge in [-0.1, -0.05) is 38.0 Å². The van der Waals surface area contributed by atoms with Crippen LogP contribution in [-0.4, -0.2) is 0 Å². The minimum absolute atomic E-state index is 0.719. The Labute approximate surface area is 151 Å². The molecule has 0 bridgehead atoms. The van der Waals surface area contributed by atoms with E-state index >= 15 is 0 Å². The van der Waals surface area contributed by atoms with Crippen molar-refractivity contribution in [1.29, 1.82) is 0 Å². The zero-order valence-electron chi connectivity index (χ0n) is 15.5. The van der Waals surface area contributed by atoms with Gasteiger partial charge in [0, 0.05) is 0 Å². The van der Waals surface area contributed by atoms with Crippen LogP contribution in [-0.2, 0) is 6.42 Å². The number of halogens is 2. The maximum Gasteiger partial charge on any atom is 0.159 e. The molecule has 0 atom stereocenters. The van der Waals surface area contributed by atoms with Gasteiger partial charge in [-0.25, -0.2) is 8.78 Å². The van der Waals surface area contributed by atoms with E-state index in [4.69, 9.17) is 0 Å². The standard InChI is InChI=1S/C23H32F2/c1-17-2-4-18(5-3-17)6-7-19-8-10-20(11-9-19)12-13-21-14-15-22(24)23(25)16-21/h6-7,14-20H,2-5,8-13H2,1H3/t17-,18-,19-,20-. The van der Waals surface area contributed by atoms with Crippen LogP contribution in [0.1, 0.15) is 70.3 Å². The Morgan fingerprint density at radius 1 is 0.840 bits per heavy atom. The summed E-state index contributed by atoms with van der Waals surface area (Å²) in [5.74, 6) is 1.79. The Bertz CT molecular complexity index is 561. The molecule has 0 saturated heterocycles. The second kappa shape index (κ2) is 8.96. The summed E-state index contributed by atoms with van der Waals surface area (Å²) in [6.45, 7) is 2.38. The molecular weight excluding hydrogens is 314 g/mol. The van der Waals surface area contributed by atoms with Gasteiger partial charge in [-0.15, -0.1) is 0 Å².